The Morgan fingerprint density at radius 2 is 1.83 bits per heavy atom. The number of carbonyl (C=O) groups is 1. The van der Waals surface area contributed by atoms with Gasteiger partial charge in [-0.15, -0.1) is 0 Å². The Kier molecular flexibility index (Phi) is 4.84. The van der Waals surface area contributed by atoms with Gasteiger partial charge in [-0.1, -0.05) is 19.9 Å². The van der Waals surface area contributed by atoms with Crippen LogP contribution in [-0.4, -0.2) is 34.0 Å². The molecule has 4 heteroatoms. The van der Waals surface area contributed by atoms with Crippen LogP contribution in [0, 0.1) is 0 Å². The van der Waals surface area contributed by atoms with Gasteiger partial charge in [0, 0.05) is 25.5 Å². The fourth-order valence-corrected chi connectivity index (χ4v) is 3.31. The normalized spacial score (nSPS) is 15.7. The number of carbonyl (C=O) groups excluding carboxylic acids is 1. The van der Waals surface area contributed by atoms with Crippen LogP contribution in [0.15, 0.2) is 42.7 Å². The molecular weight excluding hydrogens is 300 g/mol. The molecule has 1 aromatic carbocycles. The van der Waals surface area contributed by atoms with E-state index in [9.17, 15) is 9.90 Å². The van der Waals surface area contributed by atoms with E-state index >= 15 is 0 Å². The summed E-state index contributed by atoms with van der Waals surface area (Å²) in [5.41, 5.74) is 2.74. The number of pyridine rings is 1. The molecule has 0 bridgehead atoms. The number of aromatic nitrogens is 1. The lowest BCUT2D eigenvalue weighted by atomic mass is 9.90. The van der Waals surface area contributed by atoms with Crippen LogP contribution in [0.1, 0.15) is 60.0 Å². The van der Waals surface area contributed by atoms with Gasteiger partial charge in [0.1, 0.15) is 5.75 Å². The third kappa shape index (κ3) is 3.42. The number of piperidine rings is 1. The van der Waals surface area contributed by atoms with Crippen LogP contribution in [0.5, 0.6) is 5.75 Å². The predicted molar refractivity (Wildman–Crippen MR) is 94.3 cm³/mol. The van der Waals surface area contributed by atoms with Gasteiger partial charge in [0.2, 0.25) is 0 Å². The number of benzene rings is 1. The summed E-state index contributed by atoms with van der Waals surface area (Å²) in [5.74, 6) is 0.823. The molecule has 2 aromatic rings. The Balaban J connectivity index is 1.67. The number of nitrogens with zero attached hydrogens (tertiary/aromatic N) is 2. The Morgan fingerprint density at radius 3 is 2.42 bits per heavy atom. The summed E-state index contributed by atoms with van der Waals surface area (Å²) in [6, 6.07) is 9.50. The molecule has 3 rings (SSSR count). The molecule has 1 fully saturated rings. The SMILES string of the molecule is CC(C)c1ccc(C(=O)N2CCC(c3ccncc3)CC2)c(O)c1. The zero-order valence-corrected chi connectivity index (χ0v) is 14.3. The van der Waals surface area contributed by atoms with E-state index in [0.717, 1.165) is 31.5 Å². The van der Waals surface area contributed by atoms with Crippen molar-refractivity contribution in [3.05, 3.63) is 59.4 Å². The number of hydrogen-bond acceptors (Lipinski definition) is 3. The van der Waals surface area contributed by atoms with Crippen molar-refractivity contribution < 1.29 is 9.90 Å². The molecule has 1 amide bonds. The van der Waals surface area contributed by atoms with Crippen LogP contribution in [0.25, 0.3) is 0 Å². The monoisotopic (exact) mass is 324 g/mol. The first-order valence-corrected chi connectivity index (χ1v) is 8.58. The summed E-state index contributed by atoms with van der Waals surface area (Å²) in [7, 11) is 0. The fraction of sp³-hybridized carbons (Fsp3) is 0.400. The minimum Gasteiger partial charge on any atom is -0.507 e. The summed E-state index contributed by atoms with van der Waals surface area (Å²) >= 11 is 0. The van der Waals surface area contributed by atoms with Crippen molar-refractivity contribution in [1.82, 2.24) is 9.88 Å². The van der Waals surface area contributed by atoms with Gasteiger partial charge in [0.05, 0.1) is 5.56 Å². The highest BCUT2D eigenvalue weighted by atomic mass is 16.3. The third-order valence-corrected chi connectivity index (χ3v) is 4.88. The van der Waals surface area contributed by atoms with Gasteiger partial charge in [-0.05, 0) is 60.1 Å². The molecule has 4 nitrogen and oxygen atoms in total. The van der Waals surface area contributed by atoms with Gasteiger partial charge in [-0.2, -0.15) is 0 Å². The van der Waals surface area contributed by atoms with Crippen molar-refractivity contribution in [3.8, 4) is 5.75 Å². The Bertz CT molecular complexity index is 705. The lowest BCUT2D eigenvalue weighted by Gasteiger charge is -2.32. The summed E-state index contributed by atoms with van der Waals surface area (Å²) < 4.78 is 0. The average molecular weight is 324 g/mol. The van der Waals surface area contributed by atoms with E-state index in [1.54, 1.807) is 12.1 Å². The molecule has 0 aliphatic carbocycles. The molecule has 1 N–H and O–H groups in total. The zero-order chi connectivity index (χ0) is 17.1. The van der Waals surface area contributed by atoms with Crippen LogP contribution in [0.3, 0.4) is 0 Å². The first-order chi connectivity index (χ1) is 11.6. The lowest BCUT2D eigenvalue weighted by molar-refractivity contribution is 0.0710. The highest BCUT2D eigenvalue weighted by Crippen LogP contribution is 2.30. The number of aromatic hydroxyl groups is 1. The van der Waals surface area contributed by atoms with E-state index < -0.39 is 0 Å². The maximum Gasteiger partial charge on any atom is 0.257 e. The summed E-state index contributed by atoms with van der Waals surface area (Å²) in [6.07, 6.45) is 5.53. The highest BCUT2D eigenvalue weighted by molar-refractivity contribution is 5.97. The van der Waals surface area contributed by atoms with Crippen molar-refractivity contribution in [3.63, 3.8) is 0 Å². The third-order valence-electron chi connectivity index (χ3n) is 4.88. The molecule has 0 unspecified atom stereocenters. The number of hydrogen-bond donors (Lipinski definition) is 1. The Labute approximate surface area is 143 Å². The lowest BCUT2D eigenvalue weighted by Crippen LogP contribution is -2.38. The predicted octanol–water partition coefficient (Wildman–Crippen LogP) is 3.93. The van der Waals surface area contributed by atoms with Crippen LogP contribution in [0.4, 0.5) is 0 Å². The molecular formula is C20H24N2O2. The second-order valence-electron chi connectivity index (χ2n) is 6.78. The maximum atomic E-state index is 12.7. The molecule has 126 valence electrons. The molecule has 0 spiro atoms. The van der Waals surface area contributed by atoms with Crippen LogP contribution >= 0.6 is 0 Å². The Morgan fingerprint density at radius 1 is 1.17 bits per heavy atom. The molecule has 0 saturated carbocycles. The van der Waals surface area contributed by atoms with E-state index in [-0.39, 0.29) is 11.7 Å². The molecule has 1 aliphatic heterocycles. The number of phenols is 1. The van der Waals surface area contributed by atoms with Gasteiger partial charge in [-0.3, -0.25) is 9.78 Å². The van der Waals surface area contributed by atoms with Gasteiger partial charge in [-0.25, -0.2) is 0 Å². The standard InChI is InChI=1S/C20H24N2O2/c1-14(2)17-3-4-18(19(23)13-17)20(24)22-11-7-16(8-12-22)15-5-9-21-10-6-15/h3-6,9-10,13-14,16,23H,7-8,11-12H2,1-2H3. The Hall–Kier alpha value is -2.36. The molecule has 0 radical (unpaired) electrons. The first kappa shape index (κ1) is 16.5. The van der Waals surface area contributed by atoms with Gasteiger partial charge in [0.15, 0.2) is 0 Å². The van der Waals surface area contributed by atoms with E-state index in [0.29, 0.717) is 17.4 Å². The number of likely N-dealkylation sites (tertiary alicyclic amines) is 1. The maximum absolute atomic E-state index is 12.7. The van der Waals surface area contributed by atoms with Crippen LogP contribution in [-0.2, 0) is 0 Å². The molecule has 1 saturated heterocycles. The zero-order valence-electron chi connectivity index (χ0n) is 14.3. The number of rotatable bonds is 3. The minimum atomic E-state index is -0.0732. The second kappa shape index (κ2) is 7.04. The average Bonchev–Trinajstić information content (AvgIpc) is 2.62. The minimum absolute atomic E-state index is 0.0732. The quantitative estimate of drug-likeness (QED) is 0.930. The number of amides is 1. The number of phenolic OH excluding ortho intramolecular Hbond substituents is 1. The van der Waals surface area contributed by atoms with Gasteiger partial charge in [0.25, 0.3) is 5.91 Å². The summed E-state index contributed by atoms with van der Waals surface area (Å²) in [6.45, 7) is 5.58. The van der Waals surface area contributed by atoms with Crippen LogP contribution < -0.4 is 0 Å². The first-order valence-electron chi connectivity index (χ1n) is 8.58. The molecule has 1 aromatic heterocycles. The van der Waals surface area contributed by atoms with E-state index in [4.69, 9.17) is 0 Å². The topological polar surface area (TPSA) is 53.4 Å². The van der Waals surface area contributed by atoms with E-state index in [1.807, 2.05) is 23.4 Å². The molecule has 2 heterocycles. The van der Waals surface area contributed by atoms with Crippen molar-refractivity contribution in [2.24, 2.45) is 0 Å². The molecule has 0 atom stereocenters. The smallest absolute Gasteiger partial charge is 0.257 e. The molecule has 1 aliphatic rings. The van der Waals surface area contributed by atoms with Gasteiger partial charge < -0.3 is 10.0 Å². The van der Waals surface area contributed by atoms with Crippen molar-refractivity contribution in [2.45, 2.75) is 38.5 Å². The summed E-state index contributed by atoms with van der Waals surface area (Å²) in [4.78, 5) is 18.6. The van der Waals surface area contributed by atoms with Gasteiger partial charge >= 0.3 is 0 Å². The van der Waals surface area contributed by atoms with Crippen molar-refractivity contribution in [1.29, 1.82) is 0 Å². The second-order valence-corrected chi connectivity index (χ2v) is 6.78. The van der Waals surface area contributed by atoms with E-state index in [1.165, 1.54) is 5.56 Å². The largest absolute Gasteiger partial charge is 0.507 e. The fourth-order valence-electron chi connectivity index (χ4n) is 3.31. The van der Waals surface area contributed by atoms with Crippen LogP contribution in [0.2, 0.25) is 0 Å². The van der Waals surface area contributed by atoms with Crippen molar-refractivity contribution in [2.75, 3.05) is 13.1 Å². The molecule has 24 heavy (non-hydrogen) atoms. The van der Waals surface area contributed by atoms with Crippen molar-refractivity contribution >= 4 is 5.91 Å². The summed E-state index contributed by atoms with van der Waals surface area (Å²) in [5, 5.41) is 10.2. The van der Waals surface area contributed by atoms with E-state index in [2.05, 4.69) is 31.0 Å². The highest BCUT2D eigenvalue weighted by Gasteiger charge is 2.26.